The van der Waals surface area contributed by atoms with Crippen LogP contribution in [0, 0.1) is 0 Å². The van der Waals surface area contributed by atoms with Crippen LogP contribution < -0.4 is 0 Å². The highest BCUT2D eigenvalue weighted by atomic mass is 19.4. The monoisotopic (exact) mass is 362 g/mol. The standard InChI is InChI=1S/C20H17F3O3/c1-2-26-19(25)9-5-7-16(17-6-3-4-8-18(17)24)14-10-12-15(13-11-14)20(21,22)23/h3-13,24H,2H2,1H3/b9-5+,16-7-. The average molecular weight is 362 g/mol. The fraction of sp³-hybridized carbons (Fsp3) is 0.150. The van der Waals surface area contributed by atoms with Gasteiger partial charge in [0.2, 0.25) is 0 Å². The van der Waals surface area contributed by atoms with E-state index in [1.807, 2.05) is 0 Å². The van der Waals surface area contributed by atoms with Gasteiger partial charge in [-0.2, -0.15) is 13.2 Å². The van der Waals surface area contributed by atoms with Crippen molar-refractivity contribution in [3.05, 3.63) is 83.4 Å². The number of benzene rings is 2. The number of ether oxygens (including phenoxy) is 1. The molecule has 0 atom stereocenters. The molecule has 0 radical (unpaired) electrons. The number of aromatic hydroxyl groups is 1. The Hall–Kier alpha value is -3.02. The van der Waals surface area contributed by atoms with Crippen molar-refractivity contribution >= 4 is 11.5 Å². The number of carbonyl (C=O) groups is 1. The average Bonchev–Trinajstić information content (AvgIpc) is 2.59. The van der Waals surface area contributed by atoms with Gasteiger partial charge in [-0.3, -0.25) is 0 Å². The molecule has 0 fully saturated rings. The molecule has 26 heavy (non-hydrogen) atoms. The fourth-order valence-corrected chi connectivity index (χ4v) is 2.29. The molecule has 0 saturated heterocycles. The Balaban J connectivity index is 2.44. The largest absolute Gasteiger partial charge is 0.507 e. The third-order valence-corrected chi connectivity index (χ3v) is 3.50. The van der Waals surface area contributed by atoms with E-state index >= 15 is 0 Å². The molecule has 0 spiro atoms. The second-order valence-electron chi connectivity index (χ2n) is 5.28. The van der Waals surface area contributed by atoms with Crippen LogP contribution in [0.15, 0.2) is 66.8 Å². The summed E-state index contributed by atoms with van der Waals surface area (Å²) in [7, 11) is 0. The Morgan fingerprint density at radius 3 is 2.35 bits per heavy atom. The van der Waals surface area contributed by atoms with Crippen molar-refractivity contribution in [1.29, 1.82) is 0 Å². The number of hydrogen-bond donors (Lipinski definition) is 1. The Morgan fingerprint density at radius 2 is 1.77 bits per heavy atom. The number of allylic oxidation sites excluding steroid dienone is 2. The molecule has 0 aliphatic rings. The summed E-state index contributed by atoms with van der Waals surface area (Å²) in [6, 6.07) is 11.0. The molecule has 2 aromatic rings. The van der Waals surface area contributed by atoms with Crippen LogP contribution in [-0.4, -0.2) is 17.7 Å². The van der Waals surface area contributed by atoms with Crippen molar-refractivity contribution in [2.75, 3.05) is 6.61 Å². The first-order valence-electron chi connectivity index (χ1n) is 7.84. The highest BCUT2D eigenvalue weighted by Gasteiger charge is 2.30. The summed E-state index contributed by atoms with van der Waals surface area (Å²) in [5, 5.41) is 10.1. The molecule has 0 aliphatic carbocycles. The van der Waals surface area contributed by atoms with Crippen molar-refractivity contribution in [3.8, 4) is 5.75 Å². The zero-order valence-electron chi connectivity index (χ0n) is 14.0. The van der Waals surface area contributed by atoms with Crippen LogP contribution >= 0.6 is 0 Å². The van der Waals surface area contributed by atoms with Gasteiger partial charge in [-0.15, -0.1) is 0 Å². The fourth-order valence-electron chi connectivity index (χ4n) is 2.29. The van der Waals surface area contributed by atoms with E-state index in [-0.39, 0.29) is 12.4 Å². The van der Waals surface area contributed by atoms with Crippen LogP contribution in [0.3, 0.4) is 0 Å². The third-order valence-electron chi connectivity index (χ3n) is 3.50. The molecule has 2 aromatic carbocycles. The van der Waals surface area contributed by atoms with E-state index in [1.54, 1.807) is 25.1 Å². The minimum atomic E-state index is -4.43. The van der Waals surface area contributed by atoms with Gasteiger partial charge in [-0.1, -0.05) is 42.5 Å². The predicted octanol–water partition coefficient (Wildman–Crippen LogP) is 4.96. The van der Waals surface area contributed by atoms with Crippen LogP contribution in [0.1, 0.15) is 23.6 Å². The molecule has 0 saturated carbocycles. The van der Waals surface area contributed by atoms with Gasteiger partial charge in [0.25, 0.3) is 0 Å². The highest BCUT2D eigenvalue weighted by molar-refractivity contribution is 5.86. The van der Waals surface area contributed by atoms with Gasteiger partial charge < -0.3 is 9.84 Å². The molecular formula is C20H17F3O3. The third kappa shape index (κ3) is 4.99. The topological polar surface area (TPSA) is 46.5 Å². The van der Waals surface area contributed by atoms with E-state index < -0.39 is 17.7 Å². The molecule has 2 rings (SSSR count). The molecule has 1 N–H and O–H groups in total. The van der Waals surface area contributed by atoms with Crippen LogP contribution in [0.2, 0.25) is 0 Å². The summed E-state index contributed by atoms with van der Waals surface area (Å²) >= 11 is 0. The Labute approximate surface area is 149 Å². The molecule has 0 bridgehead atoms. The van der Waals surface area contributed by atoms with Gasteiger partial charge in [0, 0.05) is 11.6 Å². The number of halogens is 3. The van der Waals surface area contributed by atoms with Crippen molar-refractivity contribution in [3.63, 3.8) is 0 Å². The minimum Gasteiger partial charge on any atom is -0.507 e. The van der Waals surface area contributed by atoms with Crippen LogP contribution in [0.5, 0.6) is 5.75 Å². The maximum absolute atomic E-state index is 12.8. The van der Waals surface area contributed by atoms with Gasteiger partial charge in [0.1, 0.15) is 5.75 Å². The van der Waals surface area contributed by atoms with Crippen molar-refractivity contribution in [2.24, 2.45) is 0 Å². The number of alkyl halides is 3. The van der Waals surface area contributed by atoms with Crippen molar-refractivity contribution in [2.45, 2.75) is 13.1 Å². The lowest BCUT2D eigenvalue weighted by Crippen LogP contribution is -2.04. The highest BCUT2D eigenvalue weighted by Crippen LogP contribution is 2.33. The zero-order valence-corrected chi connectivity index (χ0v) is 14.0. The van der Waals surface area contributed by atoms with Gasteiger partial charge in [0.05, 0.1) is 12.2 Å². The first-order valence-corrected chi connectivity index (χ1v) is 7.84. The Morgan fingerprint density at radius 1 is 1.12 bits per heavy atom. The van der Waals surface area contributed by atoms with Crippen molar-refractivity contribution < 1.29 is 27.8 Å². The number of phenols is 1. The summed E-state index contributed by atoms with van der Waals surface area (Å²) in [5.41, 5.74) is 0.603. The molecule has 0 heterocycles. The van der Waals surface area contributed by atoms with E-state index in [2.05, 4.69) is 0 Å². The second kappa shape index (κ2) is 8.38. The van der Waals surface area contributed by atoms with E-state index in [1.165, 1.54) is 36.4 Å². The summed E-state index contributed by atoms with van der Waals surface area (Å²) in [6.07, 6.45) is -0.263. The molecule has 0 unspecified atom stereocenters. The van der Waals surface area contributed by atoms with Crippen LogP contribution in [0.25, 0.3) is 5.57 Å². The SMILES string of the molecule is CCOC(=O)/C=C/C=C(/c1ccc(C(F)(F)F)cc1)c1ccccc1O. The smallest absolute Gasteiger partial charge is 0.416 e. The molecule has 0 aliphatic heterocycles. The molecule has 0 amide bonds. The predicted molar refractivity (Wildman–Crippen MR) is 92.4 cm³/mol. The summed E-state index contributed by atoms with van der Waals surface area (Å²) < 4.78 is 43.0. The van der Waals surface area contributed by atoms with Gasteiger partial charge in [-0.05, 0) is 36.3 Å². The molecular weight excluding hydrogens is 345 g/mol. The maximum atomic E-state index is 12.8. The van der Waals surface area contributed by atoms with Crippen LogP contribution in [0.4, 0.5) is 13.2 Å². The normalized spacial score (nSPS) is 12.4. The summed E-state index contributed by atoms with van der Waals surface area (Å²) in [5.74, 6) is -0.559. The minimum absolute atomic E-state index is 0.0248. The van der Waals surface area contributed by atoms with E-state index in [9.17, 15) is 23.1 Å². The van der Waals surface area contributed by atoms with Crippen LogP contribution in [-0.2, 0) is 15.7 Å². The van der Waals surface area contributed by atoms with E-state index in [4.69, 9.17) is 4.74 Å². The van der Waals surface area contributed by atoms with E-state index in [0.717, 1.165) is 12.1 Å². The maximum Gasteiger partial charge on any atom is 0.416 e. The second-order valence-corrected chi connectivity index (χ2v) is 5.28. The Bertz CT molecular complexity index is 819. The molecule has 3 nitrogen and oxygen atoms in total. The van der Waals surface area contributed by atoms with Crippen molar-refractivity contribution in [1.82, 2.24) is 0 Å². The lowest BCUT2D eigenvalue weighted by Gasteiger charge is -2.12. The number of para-hydroxylation sites is 1. The van der Waals surface area contributed by atoms with Gasteiger partial charge >= 0.3 is 12.1 Å². The lowest BCUT2D eigenvalue weighted by molar-refractivity contribution is -0.138. The number of carbonyl (C=O) groups excluding carboxylic acids is 1. The summed E-state index contributed by atoms with van der Waals surface area (Å²) in [6.45, 7) is 1.91. The van der Waals surface area contributed by atoms with E-state index in [0.29, 0.717) is 16.7 Å². The zero-order chi connectivity index (χ0) is 19.2. The number of esters is 1. The molecule has 136 valence electrons. The summed E-state index contributed by atoms with van der Waals surface area (Å²) in [4.78, 5) is 11.4. The number of phenolic OH excluding ortho intramolecular Hbond substituents is 1. The number of hydrogen-bond acceptors (Lipinski definition) is 3. The first-order chi connectivity index (χ1) is 12.3. The van der Waals surface area contributed by atoms with Gasteiger partial charge in [0.15, 0.2) is 0 Å². The first kappa shape index (κ1) is 19.3. The lowest BCUT2D eigenvalue weighted by atomic mass is 9.95. The quantitative estimate of drug-likeness (QED) is 0.464. The van der Waals surface area contributed by atoms with Gasteiger partial charge in [-0.25, -0.2) is 4.79 Å². The molecule has 6 heteroatoms. The molecule has 0 aromatic heterocycles. The Kier molecular flexibility index (Phi) is 6.22. The number of rotatable bonds is 5.